The average molecular weight is 903 g/mol. The second-order valence-electron chi connectivity index (χ2n) is 17.2. The third-order valence-electron chi connectivity index (χ3n) is 12.1. The standard InChI is InChI=1S/2C26H40O3S.Ca/c2*1-3-5-7-9-11-13-16-22-20-24-18-15-19-26(30(27,28)29)25(24)21-23(22)17-14-12-10-8-6-4-2;/h2*15,18-21H,3-14,16-17H2,1-2H3,(H,27,28,29);/q;;+2/p-2. The summed E-state index contributed by atoms with van der Waals surface area (Å²) in [4.78, 5) is -0.175. The second-order valence-corrected chi connectivity index (χ2v) is 19.9. The molecule has 0 N–H and O–H groups in total. The molecule has 0 aromatic heterocycles. The molecule has 0 aliphatic carbocycles. The molecule has 0 saturated heterocycles. The maximum atomic E-state index is 11.7. The van der Waals surface area contributed by atoms with E-state index in [1.807, 2.05) is 24.3 Å². The molecule has 336 valence electrons. The molecule has 0 fully saturated rings. The van der Waals surface area contributed by atoms with Gasteiger partial charge in [-0.2, -0.15) is 0 Å². The smallest absolute Gasteiger partial charge is 0.744 e. The summed E-state index contributed by atoms with van der Waals surface area (Å²) in [6, 6.07) is 18.3. The summed E-state index contributed by atoms with van der Waals surface area (Å²) in [6.07, 6.45) is 33.9. The zero-order valence-electron chi connectivity index (χ0n) is 38.5. The van der Waals surface area contributed by atoms with E-state index in [0.29, 0.717) is 10.8 Å². The van der Waals surface area contributed by atoms with Gasteiger partial charge >= 0.3 is 37.7 Å². The van der Waals surface area contributed by atoms with Gasteiger partial charge in [0.2, 0.25) is 0 Å². The Morgan fingerprint density at radius 1 is 0.361 bits per heavy atom. The first-order valence-electron chi connectivity index (χ1n) is 23.9. The van der Waals surface area contributed by atoms with Crippen LogP contribution in [-0.4, -0.2) is 63.7 Å². The summed E-state index contributed by atoms with van der Waals surface area (Å²) in [7, 11) is -8.95. The van der Waals surface area contributed by atoms with E-state index < -0.39 is 20.2 Å². The van der Waals surface area contributed by atoms with Gasteiger partial charge in [0.15, 0.2) is 0 Å². The van der Waals surface area contributed by atoms with Gasteiger partial charge in [-0.25, -0.2) is 16.8 Å². The van der Waals surface area contributed by atoms with Crippen LogP contribution in [0.15, 0.2) is 70.5 Å². The van der Waals surface area contributed by atoms with Gasteiger partial charge in [0.25, 0.3) is 0 Å². The van der Waals surface area contributed by atoms with Gasteiger partial charge < -0.3 is 9.11 Å². The maximum Gasteiger partial charge on any atom is 2.00 e. The summed E-state index contributed by atoms with van der Waals surface area (Å²) in [6.45, 7) is 8.93. The van der Waals surface area contributed by atoms with Gasteiger partial charge in [0.05, 0.1) is 9.79 Å². The molecule has 4 rings (SSSR count). The summed E-state index contributed by atoms with van der Waals surface area (Å²) < 4.78 is 70.5. The molecule has 4 aromatic rings. The van der Waals surface area contributed by atoms with Crippen LogP contribution in [0.2, 0.25) is 0 Å². The minimum absolute atomic E-state index is 0. The number of hydrogen-bond acceptors (Lipinski definition) is 6. The normalized spacial score (nSPS) is 11.8. The molecule has 61 heavy (non-hydrogen) atoms. The number of unbranched alkanes of at least 4 members (excludes halogenated alkanes) is 20. The van der Waals surface area contributed by atoms with E-state index in [-0.39, 0.29) is 47.5 Å². The van der Waals surface area contributed by atoms with Crippen molar-refractivity contribution in [3.8, 4) is 0 Å². The van der Waals surface area contributed by atoms with Crippen molar-refractivity contribution >= 4 is 79.5 Å². The Morgan fingerprint density at radius 2 is 0.607 bits per heavy atom. The molecule has 0 aliphatic heterocycles. The first-order chi connectivity index (χ1) is 28.9. The SMILES string of the molecule is CCCCCCCCc1cc2cccc(S(=O)(=O)[O-])c2cc1CCCCCCCC.CCCCCCCCc1cc2cccc(S(=O)(=O)[O-])c2cc1CCCCCCCC.[Ca+2]. The Labute approximate surface area is 402 Å². The minimum atomic E-state index is -4.47. The summed E-state index contributed by atoms with van der Waals surface area (Å²) in [5.74, 6) is 0. The van der Waals surface area contributed by atoms with Crippen LogP contribution in [0.4, 0.5) is 0 Å². The third-order valence-corrected chi connectivity index (χ3v) is 13.8. The molecular formula is C52H78CaO6S2. The predicted octanol–water partition coefficient (Wildman–Crippen LogP) is 14.7. The quantitative estimate of drug-likeness (QED) is 0.0292. The Bertz CT molecular complexity index is 1900. The number of benzene rings is 4. The fraction of sp³-hybridized carbons (Fsp3) is 0.615. The summed E-state index contributed by atoms with van der Waals surface area (Å²) >= 11 is 0. The van der Waals surface area contributed by atoms with Crippen LogP contribution in [-0.2, 0) is 45.9 Å². The molecule has 0 amide bonds. The Kier molecular flexibility index (Phi) is 28.6. The van der Waals surface area contributed by atoms with Crippen LogP contribution in [0.3, 0.4) is 0 Å². The summed E-state index contributed by atoms with van der Waals surface area (Å²) in [5, 5.41) is 2.89. The van der Waals surface area contributed by atoms with Crippen molar-refractivity contribution in [3.63, 3.8) is 0 Å². The topological polar surface area (TPSA) is 114 Å². The van der Waals surface area contributed by atoms with Gasteiger partial charge in [-0.15, -0.1) is 0 Å². The van der Waals surface area contributed by atoms with Crippen molar-refractivity contribution in [1.82, 2.24) is 0 Å². The van der Waals surface area contributed by atoms with E-state index in [1.54, 1.807) is 12.1 Å². The van der Waals surface area contributed by atoms with Crippen LogP contribution < -0.4 is 0 Å². The molecule has 0 spiro atoms. The molecule has 9 heteroatoms. The van der Waals surface area contributed by atoms with Crippen molar-refractivity contribution in [2.24, 2.45) is 0 Å². The van der Waals surface area contributed by atoms with E-state index >= 15 is 0 Å². The first-order valence-corrected chi connectivity index (χ1v) is 26.8. The molecule has 0 aliphatic rings. The average Bonchev–Trinajstić information content (AvgIpc) is 3.22. The number of aryl methyl sites for hydroxylation is 4. The molecule has 6 nitrogen and oxygen atoms in total. The van der Waals surface area contributed by atoms with Crippen LogP contribution in [0, 0.1) is 0 Å². The van der Waals surface area contributed by atoms with E-state index in [4.69, 9.17) is 0 Å². The van der Waals surface area contributed by atoms with Gasteiger partial charge in [-0.3, -0.25) is 0 Å². The zero-order valence-corrected chi connectivity index (χ0v) is 42.4. The third kappa shape index (κ3) is 20.9. The molecule has 0 bridgehead atoms. The van der Waals surface area contributed by atoms with Crippen LogP contribution in [0.1, 0.15) is 204 Å². The maximum absolute atomic E-state index is 11.7. The molecule has 0 radical (unpaired) electrons. The number of hydrogen-bond donors (Lipinski definition) is 0. The van der Waals surface area contributed by atoms with Crippen molar-refractivity contribution in [2.45, 2.75) is 217 Å². The molecule has 0 saturated carbocycles. The predicted molar refractivity (Wildman–Crippen MR) is 258 cm³/mol. The molecule has 0 heterocycles. The van der Waals surface area contributed by atoms with E-state index in [1.165, 1.54) is 163 Å². The summed E-state index contributed by atoms with van der Waals surface area (Å²) in [5.41, 5.74) is 5.10. The minimum Gasteiger partial charge on any atom is -0.744 e. The van der Waals surface area contributed by atoms with E-state index in [9.17, 15) is 25.9 Å². The van der Waals surface area contributed by atoms with Crippen molar-refractivity contribution in [1.29, 1.82) is 0 Å². The zero-order chi connectivity index (χ0) is 43.6. The van der Waals surface area contributed by atoms with Crippen LogP contribution >= 0.6 is 0 Å². The largest absolute Gasteiger partial charge is 2.00 e. The Balaban J connectivity index is 0.000000413. The second kappa shape index (κ2) is 31.4. The van der Waals surface area contributed by atoms with E-state index in [0.717, 1.165) is 62.1 Å². The monoisotopic (exact) mass is 902 g/mol. The van der Waals surface area contributed by atoms with Crippen molar-refractivity contribution in [3.05, 3.63) is 82.9 Å². The Hall–Kier alpha value is -1.52. The molecule has 4 aromatic carbocycles. The van der Waals surface area contributed by atoms with E-state index in [2.05, 4.69) is 39.8 Å². The number of rotatable bonds is 30. The van der Waals surface area contributed by atoms with Gasteiger partial charge in [0, 0.05) is 0 Å². The fourth-order valence-electron chi connectivity index (χ4n) is 8.53. The first kappa shape index (κ1) is 55.6. The van der Waals surface area contributed by atoms with Gasteiger partial charge in [0.1, 0.15) is 20.2 Å². The Morgan fingerprint density at radius 3 is 0.869 bits per heavy atom. The molecule has 0 unspecified atom stereocenters. The van der Waals surface area contributed by atoms with Gasteiger partial charge in [-0.1, -0.05) is 193 Å². The van der Waals surface area contributed by atoms with Crippen LogP contribution in [0.25, 0.3) is 21.5 Å². The van der Waals surface area contributed by atoms with Gasteiger partial charge in [-0.05, 0) is 119 Å². The van der Waals surface area contributed by atoms with Crippen molar-refractivity contribution < 1.29 is 25.9 Å². The van der Waals surface area contributed by atoms with Crippen molar-refractivity contribution in [2.75, 3.05) is 0 Å². The number of fused-ring (bicyclic) bond motifs is 2. The fourth-order valence-corrected chi connectivity index (χ4v) is 9.91. The molecule has 0 atom stereocenters. The molecular weight excluding hydrogens is 825 g/mol. The van der Waals surface area contributed by atoms with Crippen LogP contribution in [0.5, 0.6) is 0 Å².